The van der Waals surface area contributed by atoms with Gasteiger partial charge in [-0.15, -0.1) is 0 Å². The van der Waals surface area contributed by atoms with Gasteiger partial charge in [-0.25, -0.2) is 19.7 Å². The first-order chi connectivity index (χ1) is 16.2. The molecule has 2 N–H and O–H groups in total. The number of rotatable bonds is 5. The number of carboxylic acid groups (broad SMARTS) is 1. The van der Waals surface area contributed by atoms with Gasteiger partial charge in [0.1, 0.15) is 11.2 Å². The summed E-state index contributed by atoms with van der Waals surface area (Å²) in [6.45, 7) is 4.39. The molecule has 10 heteroatoms. The summed E-state index contributed by atoms with van der Waals surface area (Å²) < 4.78 is 0. The Morgan fingerprint density at radius 1 is 1.32 bits per heavy atom. The number of pyridine rings is 1. The summed E-state index contributed by atoms with van der Waals surface area (Å²) in [4.78, 5) is 39.0. The number of aryl methyl sites for hydroxylation is 1. The van der Waals surface area contributed by atoms with Gasteiger partial charge in [-0.1, -0.05) is 17.7 Å². The number of aromatic carboxylic acids is 1. The van der Waals surface area contributed by atoms with Gasteiger partial charge in [-0.3, -0.25) is 4.79 Å². The fourth-order valence-electron chi connectivity index (χ4n) is 4.24. The maximum atomic E-state index is 12.3. The van der Waals surface area contributed by atoms with Crippen molar-refractivity contribution in [3.05, 3.63) is 57.6 Å². The summed E-state index contributed by atoms with van der Waals surface area (Å²) in [6.07, 6.45) is 0.975. The third-order valence-electron chi connectivity index (χ3n) is 6.03. The molecule has 0 saturated carbocycles. The summed E-state index contributed by atoms with van der Waals surface area (Å²) in [5.41, 5.74) is 3.76. The van der Waals surface area contributed by atoms with E-state index in [0.717, 1.165) is 11.1 Å². The van der Waals surface area contributed by atoms with Crippen LogP contribution in [0.1, 0.15) is 64.7 Å². The molecule has 1 saturated heterocycles. The number of nitriles is 1. The average molecular weight is 479 g/mol. The van der Waals surface area contributed by atoms with Crippen LogP contribution in [0.25, 0.3) is 11.0 Å². The van der Waals surface area contributed by atoms with Crippen molar-refractivity contribution >= 4 is 40.2 Å². The number of carboxylic acids is 1. The lowest BCUT2D eigenvalue weighted by Gasteiger charge is -2.29. The van der Waals surface area contributed by atoms with E-state index in [4.69, 9.17) is 16.6 Å². The van der Waals surface area contributed by atoms with Gasteiger partial charge in [0, 0.05) is 31.5 Å². The molecule has 0 aliphatic carbocycles. The number of benzene rings is 1. The minimum Gasteiger partial charge on any atom is -0.476 e. The lowest BCUT2D eigenvalue weighted by Crippen LogP contribution is -2.35. The van der Waals surface area contributed by atoms with Crippen LogP contribution < -0.4 is 5.32 Å². The molecule has 1 unspecified atom stereocenters. The SMILES string of the molecule is Cc1cc([C@@H](C)Nc2ccc(Cl)nc2C(=O)O)c2nc(C3CCN(C)C(=O)C3)c(C#N)nc2c1. The Kier molecular flexibility index (Phi) is 6.35. The molecule has 1 aromatic carbocycles. The summed E-state index contributed by atoms with van der Waals surface area (Å²) >= 11 is 5.88. The molecular weight excluding hydrogens is 456 g/mol. The Labute approximate surface area is 201 Å². The molecule has 0 spiro atoms. The maximum absolute atomic E-state index is 12.3. The highest BCUT2D eigenvalue weighted by Gasteiger charge is 2.29. The molecule has 2 aromatic heterocycles. The summed E-state index contributed by atoms with van der Waals surface area (Å²) in [6, 6.07) is 8.68. The highest BCUT2D eigenvalue weighted by atomic mass is 35.5. The van der Waals surface area contributed by atoms with Gasteiger partial charge in [0.2, 0.25) is 5.91 Å². The number of piperidine rings is 1. The Morgan fingerprint density at radius 2 is 2.09 bits per heavy atom. The second-order valence-electron chi connectivity index (χ2n) is 8.50. The predicted octanol–water partition coefficient (Wildman–Crippen LogP) is 4.07. The van der Waals surface area contributed by atoms with E-state index in [1.807, 2.05) is 26.0 Å². The number of amides is 1. The largest absolute Gasteiger partial charge is 0.476 e. The van der Waals surface area contributed by atoms with E-state index in [1.54, 1.807) is 18.0 Å². The molecule has 2 atom stereocenters. The van der Waals surface area contributed by atoms with Crippen LogP contribution in [0.15, 0.2) is 24.3 Å². The van der Waals surface area contributed by atoms with Crippen LogP contribution in [0.4, 0.5) is 5.69 Å². The normalized spacial score (nSPS) is 16.9. The van der Waals surface area contributed by atoms with Crippen LogP contribution in [0.3, 0.4) is 0 Å². The number of hydrogen-bond acceptors (Lipinski definition) is 7. The van der Waals surface area contributed by atoms with Crippen molar-refractivity contribution in [3.8, 4) is 6.07 Å². The Hall–Kier alpha value is -3.77. The first-order valence-electron chi connectivity index (χ1n) is 10.8. The number of halogens is 1. The average Bonchev–Trinajstić information content (AvgIpc) is 2.80. The number of fused-ring (bicyclic) bond motifs is 1. The van der Waals surface area contributed by atoms with E-state index in [1.165, 1.54) is 6.07 Å². The zero-order chi connectivity index (χ0) is 24.6. The van der Waals surface area contributed by atoms with E-state index in [9.17, 15) is 20.0 Å². The van der Waals surface area contributed by atoms with Crippen LogP contribution >= 0.6 is 11.6 Å². The molecule has 1 fully saturated rings. The van der Waals surface area contributed by atoms with Crippen LogP contribution in [0.2, 0.25) is 5.15 Å². The van der Waals surface area contributed by atoms with Gasteiger partial charge in [-0.05, 0) is 44.0 Å². The van der Waals surface area contributed by atoms with Crippen LogP contribution in [0, 0.1) is 18.3 Å². The van der Waals surface area contributed by atoms with Gasteiger partial charge in [-0.2, -0.15) is 5.26 Å². The number of nitrogens with zero attached hydrogens (tertiary/aromatic N) is 5. The Balaban J connectivity index is 1.79. The third-order valence-corrected chi connectivity index (χ3v) is 6.24. The van der Waals surface area contributed by atoms with E-state index in [0.29, 0.717) is 35.4 Å². The van der Waals surface area contributed by atoms with Crippen molar-refractivity contribution in [3.63, 3.8) is 0 Å². The highest BCUT2D eigenvalue weighted by molar-refractivity contribution is 6.29. The molecule has 3 heterocycles. The maximum Gasteiger partial charge on any atom is 0.356 e. The molecule has 34 heavy (non-hydrogen) atoms. The van der Waals surface area contributed by atoms with Crippen molar-refractivity contribution < 1.29 is 14.7 Å². The van der Waals surface area contributed by atoms with Gasteiger partial charge in [0.05, 0.1) is 28.5 Å². The quantitative estimate of drug-likeness (QED) is 0.524. The minimum absolute atomic E-state index is 0.0117. The molecule has 0 bridgehead atoms. The number of carbonyl (C=O) groups is 2. The second-order valence-corrected chi connectivity index (χ2v) is 8.88. The zero-order valence-electron chi connectivity index (χ0n) is 19.0. The van der Waals surface area contributed by atoms with Crippen LogP contribution in [0.5, 0.6) is 0 Å². The Morgan fingerprint density at radius 3 is 2.76 bits per heavy atom. The first-order valence-corrected chi connectivity index (χ1v) is 11.2. The fraction of sp³-hybridized carbons (Fsp3) is 0.333. The van der Waals surface area contributed by atoms with Gasteiger partial charge < -0.3 is 15.3 Å². The van der Waals surface area contributed by atoms with E-state index >= 15 is 0 Å². The standard InChI is InChI=1S/C24H23ClN6O3/c1-12-8-15(13(2)27-16-4-5-19(25)29-23(16)24(33)34)22-17(9-12)28-18(11-26)21(30-22)14-6-7-31(3)20(32)10-14/h4-5,8-9,13-14,27H,6-7,10H2,1-3H3,(H,33,34)/t13-,14?/m1/s1. The third kappa shape index (κ3) is 4.50. The van der Waals surface area contributed by atoms with E-state index in [-0.39, 0.29) is 40.8 Å². The monoisotopic (exact) mass is 478 g/mol. The van der Waals surface area contributed by atoms with Gasteiger partial charge in [0.25, 0.3) is 0 Å². The molecule has 4 rings (SSSR count). The van der Waals surface area contributed by atoms with Crippen molar-refractivity contribution in [2.45, 2.75) is 38.6 Å². The minimum atomic E-state index is -1.20. The van der Waals surface area contributed by atoms with Gasteiger partial charge >= 0.3 is 5.97 Å². The number of aromatic nitrogens is 3. The molecule has 1 aliphatic rings. The van der Waals surface area contributed by atoms with E-state index < -0.39 is 5.97 Å². The Bertz CT molecular complexity index is 1350. The first kappa shape index (κ1) is 23.4. The number of carbonyl (C=O) groups excluding carboxylic acids is 1. The zero-order valence-corrected chi connectivity index (χ0v) is 19.7. The molecular formula is C24H23ClN6O3. The molecule has 3 aromatic rings. The number of nitrogens with one attached hydrogen (secondary N) is 1. The van der Waals surface area contributed by atoms with Crippen molar-refractivity contribution in [2.24, 2.45) is 0 Å². The molecule has 0 radical (unpaired) electrons. The molecule has 1 amide bonds. The van der Waals surface area contributed by atoms with Crippen molar-refractivity contribution in [1.82, 2.24) is 19.9 Å². The summed E-state index contributed by atoms with van der Waals surface area (Å²) in [5.74, 6) is -1.37. The van der Waals surface area contributed by atoms with E-state index in [2.05, 4.69) is 21.4 Å². The lowest BCUT2D eigenvalue weighted by molar-refractivity contribution is -0.132. The summed E-state index contributed by atoms with van der Waals surface area (Å²) in [5, 5.41) is 22.5. The smallest absolute Gasteiger partial charge is 0.356 e. The molecule has 1 aliphatic heterocycles. The second kappa shape index (κ2) is 9.23. The van der Waals surface area contributed by atoms with Gasteiger partial charge in [0.15, 0.2) is 11.4 Å². The van der Waals surface area contributed by atoms with Crippen molar-refractivity contribution in [2.75, 3.05) is 18.9 Å². The van der Waals surface area contributed by atoms with Crippen LogP contribution in [-0.2, 0) is 4.79 Å². The van der Waals surface area contributed by atoms with Crippen molar-refractivity contribution in [1.29, 1.82) is 5.26 Å². The topological polar surface area (TPSA) is 132 Å². The molecule has 174 valence electrons. The number of anilines is 1. The number of likely N-dealkylation sites (tertiary alicyclic amines) is 1. The fourth-order valence-corrected chi connectivity index (χ4v) is 4.39. The highest BCUT2D eigenvalue weighted by Crippen LogP contribution is 2.33. The summed E-state index contributed by atoms with van der Waals surface area (Å²) in [7, 11) is 1.76. The predicted molar refractivity (Wildman–Crippen MR) is 127 cm³/mol. The number of hydrogen-bond donors (Lipinski definition) is 2. The molecule has 9 nitrogen and oxygen atoms in total. The lowest BCUT2D eigenvalue weighted by atomic mass is 9.91. The van der Waals surface area contributed by atoms with Crippen LogP contribution in [-0.4, -0.2) is 50.4 Å².